The van der Waals surface area contributed by atoms with Gasteiger partial charge in [-0.25, -0.2) is 9.52 Å². The molecule has 1 aromatic carbocycles. The van der Waals surface area contributed by atoms with Gasteiger partial charge < -0.3 is 10.0 Å². The minimum absolute atomic E-state index is 0.0708. The normalized spacial score (nSPS) is 14.9. The van der Waals surface area contributed by atoms with Crippen LogP contribution in [0, 0.1) is 6.92 Å². The van der Waals surface area contributed by atoms with Crippen molar-refractivity contribution in [1.29, 1.82) is 0 Å². The molecular weight excluding hydrogens is 334 g/mol. The number of hydrogen-bond acceptors (Lipinski definition) is 5. The fourth-order valence-electron chi connectivity index (χ4n) is 2.65. The molecule has 24 heavy (non-hydrogen) atoms. The van der Waals surface area contributed by atoms with E-state index in [4.69, 9.17) is 0 Å². The molecule has 2 N–H and O–H groups in total. The monoisotopic (exact) mass is 355 g/mol. The van der Waals surface area contributed by atoms with Crippen molar-refractivity contribution < 1.29 is 23.1 Å². The molecule has 0 saturated carbocycles. The zero-order chi connectivity index (χ0) is 18.1. The van der Waals surface area contributed by atoms with Crippen LogP contribution in [-0.4, -0.2) is 56.9 Å². The standard InChI is InChI=1S/C15H21N3O5S/c1-10-8-11(15(20)21)9-12(18-6-4-5-7-18)13(10)14(19)16-24(22,23)17(2)3/h8-9H,4-7H2,1-3H3,(H,16,19)(H,20,21). The minimum atomic E-state index is -3.93. The van der Waals surface area contributed by atoms with E-state index in [9.17, 15) is 23.1 Å². The van der Waals surface area contributed by atoms with E-state index in [1.165, 1.54) is 26.2 Å². The van der Waals surface area contributed by atoms with Crippen molar-refractivity contribution in [2.24, 2.45) is 0 Å². The van der Waals surface area contributed by atoms with Crippen LogP contribution in [0.15, 0.2) is 12.1 Å². The first-order chi connectivity index (χ1) is 11.1. The Balaban J connectivity index is 2.51. The molecule has 0 aliphatic carbocycles. The Morgan fingerprint density at radius 3 is 2.29 bits per heavy atom. The van der Waals surface area contributed by atoms with Gasteiger partial charge in [-0.2, -0.15) is 12.7 Å². The summed E-state index contributed by atoms with van der Waals surface area (Å²) >= 11 is 0. The number of anilines is 1. The van der Waals surface area contributed by atoms with E-state index in [-0.39, 0.29) is 11.1 Å². The second-order valence-electron chi connectivity index (χ2n) is 5.91. The number of nitrogens with one attached hydrogen (secondary N) is 1. The molecule has 9 heteroatoms. The summed E-state index contributed by atoms with van der Waals surface area (Å²) in [5, 5.41) is 9.24. The lowest BCUT2D eigenvalue weighted by Gasteiger charge is -2.23. The maximum absolute atomic E-state index is 12.6. The Labute approximate surface area is 141 Å². The molecule has 2 rings (SSSR count). The van der Waals surface area contributed by atoms with Crippen molar-refractivity contribution in [2.75, 3.05) is 32.1 Å². The first-order valence-corrected chi connectivity index (χ1v) is 8.95. The van der Waals surface area contributed by atoms with Gasteiger partial charge in [-0.15, -0.1) is 0 Å². The van der Waals surface area contributed by atoms with E-state index in [2.05, 4.69) is 0 Å². The number of carboxylic acid groups (broad SMARTS) is 1. The summed E-state index contributed by atoms with van der Waals surface area (Å²) < 4.78 is 26.8. The van der Waals surface area contributed by atoms with Gasteiger partial charge in [0.25, 0.3) is 5.91 Å². The van der Waals surface area contributed by atoms with Crippen LogP contribution in [0.25, 0.3) is 0 Å². The quantitative estimate of drug-likeness (QED) is 0.810. The third-order valence-electron chi connectivity index (χ3n) is 3.94. The number of benzene rings is 1. The summed E-state index contributed by atoms with van der Waals surface area (Å²) in [5.41, 5.74) is 1.13. The van der Waals surface area contributed by atoms with E-state index < -0.39 is 22.1 Å². The maximum Gasteiger partial charge on any atom is 0.335 e. The number of nitrogens with zero attached hydrogens (tertiary/aromatic N) is 2. The van der Waals surface area contributed by atoms with Crippen LogP contribution in [0.4, 0.5) is 5.69 Å². The smallest absolute Gasteiger partial charge is 0.335 e. The average Bonchev–Trinajstić information content (AvgIpc) is 2.99. The highest BCUT2D eigenvalue weighted by atomic mass is 32.2. The summed E-state index contributed by atoms with van der Waals surface area (Å²) in [5.74, 6) is -1.86. The molecule has 0 bridgehead atoms. The van der Waals surface area contributed by atoms with E-state index in [1.54, 1.807) is 6.92 Å². The Kier molecular flexibility index (Phi) is 5.14. The van der Waals surface area contributed by atoms with Gasteiger partial charge in [0.15, 0.2) is 0 Å². The molecule has 1 fully saturated rings. The molecule has 1 aromatic rings. The van der Waals surface area contributed by atoms with Gasteiger partial charge in [-0.05, 0) is 37.5 Å². The predicted octanol–water partition coefficient (Wildman–Crippen LogP) is 0.830. The van der Waals surface area contributed by atoms with E-state index in [1.807, 2.05) is 9.62 Å². The summed E-state index contributed by atoms with van der Waals surface area (Å²) in [6.07, 6.45) is 1.88. The first-order valence-electron chi connectivity index (χ1n) is 7.51. The number of aromatic carboxylic acids is 1. The molecule has 0 atom stereocenters. The highest BCUT2D eigenvalue weighted by Crippen LogP contribution is 2.29. The molecule has 0 spiro atoms. The fourth-order valence-corrected chi connectivity index (χ4v) is 3.17. The van der Waals surface area contributed by atoms with Crippen molar-refractivity contribution in [3.63, 3.8) is 0 Å². The van der Waals surface area contributed by atoms with Crippen molar-refractivity contribution in [3.05, 3.63) is 28.8 Å². The molecule has 1 aliphatic heterocycles. The van der Waals surface area contributed by atoms with Gasteiger partial charge in [-0.3, -0.25) is 4.79 Å². The van der Waals surface area contributed by atoms with Crippen LogP contribution >= 0.6 is 0 Å². The Bertz CT molecular complexity index is 768. The number of rotatable bonds is 5. The Morgan fingerprint density at radius 1 is 1.21 bits per heavy atom. The molecule has 1 aliphatic rings. The molecule has 1 saturated heterocycles. The van der Waals surface area contributed by atoms with E-state index in [0.717, 1.165) is 17.1 Å². The summed E-state index contributed by atoms with van der Waals surface area (Å²) in [4.78, 5) is 25.8. The molecule has 132 valence electrons. The summed E-state index contributed by atoms with van der Waals surface area (Å²) in [7, 11) is -1.30. The SMILES string of the molecule is Cc1cc(C(=O)O)cc(N2CCCC2)c1C(=O)NS(=O)(=O)N(C)C. The maximum atomic E-state index is 12.6. The van der Waals surface area contributed by atoms with Gasteiger partial charge in [0.2, 0.25) is 0 Å². The molecular formula is C15H21N3O5S. The fraction of sp³-hybridized carbons (Fsp3) is 0.467. The molecule has 0 aromatic heterocycles. The highest BCUT2D eigenvalue weighted by molar-refractivity contribution is 7.87. The largest absolute Gasteiger partial charge is 0.478 e. The lowest BCUT2D eigenvalue weighted by atomic mass is 10.0. The van der Waals surface area contributed by atoms with Gasteiger partial charge in [0.05, 0.1) is 16.8 Å². The number of aryl methyl sites for hydroxylation is 1. The third kappa shape index (κ3) is 3.68. The van der Waals surface area contributed by atoms with Crippen LogP contribution < -0.4 is 9.62 Å². The van der Waals surface area contributed by atoms with Crippen LogP contribution in [0.1, 0.15) is 39.1 Å². The minimum Gasteiger partial charge on any atom is -0.478 e. The number of carbonyl (C=O) groups is 2. The van der Waals surface area contributed by atoms with Gasteiger partial charge in [0.1, 0.15) is 0 Å². The number of carbonyl (C=O) groups excluding carboxylic acids is 1. The van der Waals surface area contributed by atoms with Crippen molar-refractivity contribution >= 4 is 27.8 Å². The van der Waals surface area contributed by atoms with Crippen LogP contribution in [-0.2, 0) is 10.2 Å². The molecule has 0 radical (unpaired) electrons. The Hall–Kier alpha value is -2.13. The number of carboxylic acids is 1. The zero-order valence-corrected chi connectivity index (χ0v) is 14.7. The Morgan fingerprint density at radius 2 is 1.79 bits per heavy atom. The molecule has 1 amide bonds. The average molecular weight is 355 g/mol. The lowest BCUT2D eigenvalue weighted by molar-refractivity contribution is 0.0696. The first kappa shape index (κ1) is 18.2. The topological polar surface area (TPSA) is 107 Å². The van der Waals surface area contributed by atoms with E-state index in [0.29, 0.717) is 24.3 Å². The number of hydrogen-bond donors (Lipinski definition) is 2. The molecule has 1 heterocycles. The van der Waals surface area contributed by atoms with Crippen LogP contribution in [0.3, 0.4) is 0 Å². The summed E-state index contributed by atoms with van der Waals surface area (Å²) in [6.45, 7) is 3.00. The lowest BCUT2D eigenvalue weighted by Crippen LogP contribution is -2.40. The van der Waals surface area contributed by atoms with Crippen molar-refractivity contribution in [1.82, 2.24) is 9.03 Å². The summed E-state index contributed by atoms with van der Waals surface area (Å²) in [6, 6.07) is 2.80. The molecule has 0 unspecified atom stereocenters. The predicted molar refractivity (Wildman–Crippen MR) is 89.7 cm³/mol. The van der Waals surface area contributed by atoms with E-state index >= 15 is 0 Å². The second-order valence-corrected chi connectivity index (χ2v) is 7.79. The van der Waals surface area contributed by atoms with Crippen LogP contribution in [0.2, 0.25) is 0 Å². The third-order valence-corrected chi connectivity index (χ3v) is 5.34. The van der Waals surface area contributed by atoms with Crippen LogP contribution in [0.5, 0.6) is 0 Å². The second kappa shape index (κ2) is 6.78. The zero-order valence-electron chi connectivity index (χ0n) is 13.9. The van der Waals surface area contributed by atoms with Gasteiger partial charge in [0, 0.05) is 27.2 Å². The highest BCUT2D eigenvalue weighted by Gasteiger charge is 2.26. The van der Waals surface area contributed by atoms with Crippen molar-refractivity contribution in [3.8, 4) is 0 Å². The number of amides is 1. The van der Waals surface area contributed by atoms with Crippen molar-refractivity contribution in [2.45, 2.75) is 19.8 Å². The van der Waals surface area contributed by atoms with Gasteiger partial charge in [-0.1, -0.05) is 0 Å². The molecule has 8 nitrogen and oxygen atoms in total. The van der Waals surface area contributed by atoms with Gasteiger partial charge >= 0.3 is 16.2 Å².